The van der Waals surface area contributed by atoms with Crippen molar-refractivity contribution < 1.29 is 43.8 Å². The van der Waals surface area contributed by atoms with Crippen LogP contribution in [0.1, 0.15) is 0 Å². The molecule has 3 rings (SSSR count). The van der Waals surface area contributed by atoms with Crippen LogP contribution in [-0.4, -0.2) is 64.2 Å². The molecule has 0 radical (unpaired) electrons. The minimum absolute atomic E-state index is 0.0221. The van der Waals surface area contributed by atoms with Gasteiger partial charge < -0.3 is 39.1 Å². The van der Waals surface area contributed by atoms with E-state index >= 15 is 0 Å². The van der Waals surface area contributed by atoms with Crippen molar-refractivity contribution in [3.8, 4) is 11.5 Å². The predicted molar refractivity (Wildman–Crippen MR) is 84.0 cm³/mol. The third kappa shape index (κ3) is 3.22. The number of rotatable bonds is 4. The first-order chi connectivity index (χ1) is 12.3. The lowest BCUT2D eigenvalue weighted by Crippen LogP contribution is -2.61. The lowest BCUT2D eigenvalue weighted by molar-refractivity contribution is -0.271. The van der Waals surface area contributed by atoms with Gasteiger partial charge in [0, 0.05) is 17.5 Å². The standard InChI is InChI=1S/C16H16O10/c1-23-8-4-6-2-3-10(17)24-7(6)5-9(8)25-16-13(20)11(18)12(19)14(26-16)15(21)22/h2-5,11-14,16,18-20H,1H3,(H,21,22). The monoisotopic (exact) mass is 368 g/mol. The molecule has 0 bridgehead atoms. The number of benzene rings is 1. The lowest BCUT2D eigenvalue weighted by Gasteiger charge is -2.38. The lowest BCUT2D eigenvalue weighted by atomic mass is 9.99. The molecular formula is C16H16O10. The summed E-state index contributed by atoms with van der Waals surface area (Å²) in [4.78, 5) is 22.5. The van der Waals surface area contributed by atoms with E-state index in [0.717, 1.165) is 0 Å². The maximum atomic E-state index is 11.4. The third-order valence-corrected chi connectivity index (χ3v) is 3.96. The highest BCUT2D eigenvalue weighted by atomic mass is 16.7. The van der Waals surface area contributed by atoms with E-state index in [-0.39, 0.29) is 17.1 Å². The highest BCUT2D eigenvalue weighted by molar-refractivity contribution is 5.80. The molecule has 140 valence electrons. The van der Waals surface area contributed by atoms with Gasteiger partial charge in [-0.1, -0.05) is 0 Å². The van der Waals surface area contributed by atoms with Crippen LogP contribution in [0.15, 0.2) is 33.5 Å². The van der Waals surface area contributed by atoms with Gasteiger partial charge in [-0.05, 0) is 12.1 Å². The van der Waals surface area contributed by atoms with Crippen molar-refractivity contribution in [2.45, 2.75) is 30.7 Å². The van der Waals surface area contributed by atoms with E-state index in [2.05, 4.69) is 0 Å². The molecule has 5 atom stereocenters. The number of fused-ring (bicyclic) bond motifs is 1. The zero-order chi connectivity index (χ0) is 19.0. The number of carbonyl (C=O) groups is 1. The molecule has 26 heavy (non-hydrogen) atoms. The number of hydrogen-bond donors (Lipinski definition) is 4. The number of carboxylic acid groups (broad SMARTS) is 1. The second kappa shape index (κ2) is 6.92. The van der Waals surface area contributed by atoms with E-state index in [9.17, 15) is 24.9 Å². The van der Waals surface area contributed by atoms with Crippen LogP contribution in [0.2, 0.25) is 0 Å². The van der Waals surface area contributed by atoms with Gasteiger partial charge >= 0.3 is 11.6 Å². The molecule has 10 heteroatoms. The first-order valence-corrected chi connectivity index (χ1v) is 7.53. The van der Waals surface area contributed by atoms with Gasteiger partial charge in [-0.25, -0.2) is 9.59 Å². The summed E-state index contributed by atoms with van der Waals surface area (Å²) in [6.07, 6.45) is -8.79. The van der Waals surface area contributed by atoms with Crippen LogP contribution >= 0.6 is 0 Å². The molecule has 2 heterocycles. The van der Waals surface area contributed by atoms with Crippen LogP contribution in [0.4, 0.5) is 0 Å². The molecule has 1 aliphatic heterocycles. The van der Waals surface area contributed by atoms with Crippen molar-refractivity contribution in [2.24, 2.45) is 0 Å². The number of carboxylic acids is 1. The van der Waals surface area contributed by atoms with Crippen LogP contribution in [0.3, 0.4) is 0 Å². The summed E-state index contributed by atoms with van der Waals surface area (Å²) in [5.41, 5.74) is -0.430. The summed E-state index contributed by atoms with van der Waals surface area (Å²) in [5.74, 6) is -1.37. The fraction of sp³-hybridized carbons (Fsp3) is 0.375. The van der Waals surface area contributed by atoms with Gasteiger partial charge in [0.05, 0.1) is 7.11 Å². The molecule has 4 N–H and O–H groups in total. The fourth-order valence-electron chi connectivity index (χ4n) is 2.60. The Kier molecular flexibility index (Phi) is 4.83. The molecule has 1 aromatic heterocycles. The molecule has 2 aromatic rings. The van der Waals surface area contributed by atoms with Crippen LogP contribution in [0.5, 0.6) is 11.5 Å². The summed E-state index contributed by atoms with van der Waals surface area (Å²) in [6, 6.07) is 5.55. The Balaban J connectivity index is 1.96. The van der Waals surface area contributed by atoms with Crippen molar-refractivity contribution >= 4 is 16.9 Å². The first kappa shape index (κ1) is 18.1. The Labute approximate surface area is 145 Å². The summed E-state index contributed by atoms with van der Waals surface area (Å²) >= 11 is 0. The molecule has 0 saturated carbocycles. The highest BCUT2D eigenvalue weighted by Crippen LogP contribution is 2.34. The molecule has 0 aliphatic carbocycles. The number of hydrogen-bond acceptors (Lipinski definition) is 9. The molecule has 1 fully saturated rings. The minimum Gasteiger partial charge on any atom is -0.493 e. The quantitative estimate of drug-likeness (QED) is 0.497. The van der Waals surface area contributed by atoms with Crippen LogP contribution < -0.4 is 15.1 Å². The van der Waals surface area contributed by atoms with Gasteiger partial charge in [0.15, 0.2) is 17.6 Å². The third-order valence-electron chi connectivity index (χ3n) is 3.96. The first-order valence-electron chi connectivity index (χ1n) is 7.53. The van der Waals surface area contributed by atoms with E-state index in [1.165, 1.54) is 31.4 Å². The van der Waals surface area contributed by atoms with Gasteiger partial charge in [-0.2, -0.15) is 0 Å². The van der Waals surface area contributed by atoms with E-state index in [0.29, 0.717) is 5.39 Å². The van der Waals surface area contributed by atoms with Crippen molar-refractivity contribution in [2.75, 3.05) is 7.11 Å². The van der Waals surface area contributed by atoms with Crippen molar-refractivity contribution in [3.05, 3.63) is 34.7 Å². The Morgan fingerprint density at radius 2 is 1.81 bits per heavy atom. The normalized spacial score (nSPS) is 28.7. The van der Waals surface area contributed by atoms with E-state index in [1.54, 1.807) is 0 Å². The average molecular weight is 368 g/mol. The summed E-state index contributed by atoms with van der Waals surface area (Å²) in [6.45, 7) is 0. The van der Waals surface area contributed by atoms with Crippen LogP contribution in [0, 0.1) is 0 Å². The Bertz CT molecular complexity index is 875. The summed E-state index contributed by atoms with van der Waals surface area (Å²) in [7, 11) is 1.35. The molecule has 0 amide bonds. The second-order valence-corrected chi connectivity index (χ2v) is 5.65. The molecule has 10 nitrogen and oxygen atoms in total. The molecule has 1 aromatic carbocycles. The van der Waals surface area contributed by atoms with Gasteiger partial charge in [-0.15, -0.1) is 0 Å². The van der Waals surface area contributed by atoms with Crippen LogP contribution in [0.25, 0.3) is 11.0 Å². The molecule has 0 spiro atoms. The second-order valence-electron chi connectivity index (χ2n) is 5.65. The number of ether oxygens (including phenoxy) is 3. The molecular weight excluding hydrogens is 352 g/mol. The minimum atomic E-state index is -1.83. The van der Waals surface area contributed by atoms with Gasteiger partial charge in [0.2, 0.25) is 6.29 Å². The van der Waals surface area contributed by atoms with Gasteiger partial charge in [0.1, 0.15) is 23.9 Å². The zero-order valence-electron chi connectivity index (χ0n) is 13.4. The Hall–Kier alpha value is -2.66. The molecule has 1 saturated heterocycles. The molecule has 5 unspecified atom stereocenters. The zero-order valence-corrected chi connectivity index (χ0v) is 13.4. The Morgan fingerprint density at radius 1 is 1.08 bits per heavy atom. The van der Waals surface area contributed by atoms with Crippen LogP contribution in [-0.2, 0) is 9.53 Å². The Morgan fingerprint density at radius 3 is 2.46 bits per heavy atom. The summed E-state index contributed by atoms with van der Waals surface area (Å²) < 4.78 is 20.7. The number of aliphatic hydroxyl groups is 3. The van der Waals surface area contributed by atoms with Gasteiger partial charge in [0.25, 0.3) is 0 Å². The fourth-order valence-corrected chi connectivity index (χ4v) is 2.60. The van der Waals surface area contributed by atoms with E-state index in [4.69, 9.17) is 23.7 Å². The smallest absolute Gasteiger partial charge is 0.336 e. The maximum absolute atomic E-state index is 11.4. The topological polar surface area (TPSA) is 156 Å². The number of aliphatic hydroxyl groups excluding tert-OH is 3. The van der Waals surface area contributed by atoms with Crippen molar-refractivity contribution in [3.63, 3.8) is 0 Å². The summed E-state index contributed by atoms with van der Waals surface area (Å²) in [5, 5.41) is 39.1. The average Bonchev–Trinajstić information content (AvgIpc) is 2.61. The number of aliphatic carboxylic acids is 1. The SMILES string of the molecule is COc1cc2ccc(=O)oc2cc1OC1OC(C(=O)O)C(O)C(O)C1O. The van der Waals surface area contributed by atoms with Crippen molar-refractivity contribution in [1.29, 1.82) is 0 Å². The van der Waals surface area contributed by atoms with Gasteiger partial charge in [-0.3, -0.25) is 0 Å². The molecule has 1 aliphatic rings. The van der Waals surface area contributed by atoms with Crippen molar-refractivity contribution in [1.82, 2.24) is 0 Å². The number of methoxy groups -OCH3 is 1. The maximum Gasteiger partial charge on any atom is 0.336 e. The van der Waals surface area contributed by atoms with E-state index < -0.39 is 42.3 Å². The van der Waals surface area contributed by atoms with E-state index in [1.807, 2.05) is 0 Å². The largest absolute Gasteiger partial charge is 0.493 e. The predicted octanol–water partition coefficient (Wildman–Crippen LogP) is -0.927. The highest BCUT2D eigenvalue weighted by Gasteiger charge is 2.48.